The second-order valence-electron chi connectivity index (χ2n) is 6.11. The standard InChI is InChI=1S/C15H14F2O11S4.3Li/c16-14-2-1-12(3-9(14)6-29-28-27-18)32(25,26)13-4-10(7-30(19,20)21)15(17)11(5-13)8-31(22,23)24;;;/h1-5,18H,6-8H2,(H,19,20,21)(H,22,23,24);;;/q;3*+1/p-3. The van der Waals surface area contributed by atoms with Crippen LogP contribution in [0.2, 0.25) is 0 Å². The summed E-state index contributed by atoms with van der Waals surface area (Å²) in [5.41, 5.74) is -2.21. The Labute approximate surface area is 240 Å². The van der Waals surface area contributed by atoms with Crippen molar-refractivity contribution in [3.63, 3.8) is 0 Å². The zero-order valence-electron chi connectivity index (χ0n) is 18.4. The predicted octanol–water partition coefficient (Wildman–Crippen LogP) is -8.73. The van der Waals surface area contributed by atoms with Gasteiger partial charge in [0.05, 0.1) is 47.3 Å². The number of hydrogen-bond acceptors (Lipinski definition) is 12. The van der Waals surface area contributed by atoms with E-state index in [1.54, 1.807) is 0 Å². The summed E-state index contributed by atoms with van der Waals surface area (Å²) in [5, 5.41) is 12.9. The molecule has 0 aliphatic carbocycles. The van der Waals surface area contributed by atoms with Crippen LogP contribution < -0.4 is 61.8 Å². The summed E-state index contributed by atoms with van der Waals surface area (Å²) in [4.78, 5) is -1.43. The van der Waals surface area contributed by atoms with Gasteiger partial charge in [-0.15, -0.1) is 0 Å². The van der Waals surface area contributed by atoms with Crippen molar-refractivity contribution >= 4 is 42.1 Å². The average Bonchev–Trinajstić information content (AvgIpc) is 2.64. The number of sulfone groups is 1. The minimum Gasteiger partial charge on any atom is -0.748 e. The maximum Gasteiger partial charge on any atom is 1.00 e. The Balaban J connectivity index is 0. The quantitative estimate of drug-likeness (QED) is 0.0514. The summed E-state index contributed by atoms with van der Waals surface area (Å²) in [7, 11) is -14.9. The second-order valence-corrected chi connectivity index (χ2v) is 11.5. The van der Waals surface area contributed by atoms with Gasteiger partial charge >= 0.3 is 56.6 Å². The van der Waals surface area contributed by atoms with E-state index in [-0.39, 0.29) is 67.9 Å². The van der Waals surface area contributed by atoms with Crippen molar-refractivity contribution in [2.75, 3.05) is 0 Å². The normalized spacial score (nSPS) is 11.7. The number of hydrogen-bond donors (Lipinski definition) is 0. The molecule has 0 unspecified atom stereocenters. The van der Waals surface area contributed by atoms with Crippen molar-refractivity contribution in [1.29, 1.82) is 0 Å². The van der Waals surface area contributed by atoms with Crippen LogP contribution in [0.4, 0.5) is 8.78 Å². The molecule has 0 saturated heterocycles. The zero-order valence-corrected chi connectivity index (χ0v) is 21.7. The molecule has 0 aliphatic rings. The van der Waals surface area contributed by atoms with Crippen LogP contribution in [0.15, 0.2) is 40.1 Å². The van der Waals surface area contributed by atoms with E-state index in [1.807, 2.05) is 0 Å². The van der Waals surface area contributed by atoms with Gasteiger partial charge in [0, 0.05) is 28.7 Å². The van der Waals surface area contributed by atoms with Crippen molar-refractivity contribution in [3.8, 4) is 0 Å². The van der Waals surface area contributed by atoms with E-state index in [2.05, 4.69) is 9.37 Å². The van der Waals surface area contributed by atoms with Crippen LogP contribution >= 0.6 is 12.0 Å². The maximum absolute atomic E-state index is 14.5. The molecule has 0 aliphatic heterocycles. The molecule has 0 atom stereocenters. The average molecular weight is 554 g/mol. The molecule has 11 nitrogen and oxygen atoms in total. The summed E-state index contributed by atoms with van der Waals surface area (Å²) in [5.74, 6) is -5.85. The molecule has 0 saturated carbocycles. The van der Waals surface area contributed by atoms with E-state index in [4.69, 9.17) is 0 Å². The van der Waals surface area contributed by atoms with Gasteiger partial charge in [0.25, 0.3) is 0 Å². The molecule has 0 amide bonds. The first-order valence-corrected chi connectivity index (χ1v) is 13.5. The first kappa shape index (κ1) is 37.2. The van der Waals surface area contributed by atoms with Crippen LogP contribution in [0.25, 0.3) is 0 Å². The molecule has 2 rings (SSSR count). The van der Waals surface area contributed by atoms with Crippen molar-refractivity contribution in [1.82, 2.24) is 0 Å². The molecule has 178 valence electrons. The minimum atomic E-state index is -5.13. The molecule has 0 radical (unpaired) electrons. The summed E-state index contributed by atoms with van der Waals surface area (Å²) >= 11 is 0.333. The van der Waals surface area contributed by atoms with Gasteiger partial charge in [-0.3, -0.25) is 5.04 Å². The van der Waals surface area contributed by atoms with Gasteiger partial charge in [-0.05, 0) is 30.3 Å². The Kier molecular flexibility index (Phi) is 15.8. The third kappa shape index (κ3) is 11.2. The topological polar surface area (TPSA) is 190 Å². The Hall–Kier alpha value is 0.0922. The van der Waals surface area contributed by atoms with Gasteiger partial charge in [-0.1, -0.05) is 0 Å². The first-order chi connectivity index (χ1) is 14.6. The van der Waals surface area contributed by atoms with Gasteiger partial charge in [0.15, 0.2) is 0 Å². The minimum absolute atomic E-state index is 0. The number of rotatable bonds is 10. The monoisotopic (exact) mass is 554 g/mol. The second kappa shape index (κ2) is 14.9. The molecule has 2 aromatic carbocycles. The molecule has 0 bridgehead atoms. The van der Waals surface area contributed by atoms with Gasteiger partial charge in [0.2, 0.25) is 9.84 Å². The van der Waals surface area contributed by atoms with Gasteiger partial charge in [0.1, 0.15) is 11.6 Å². The fourth-order valence-electron chi connectivity index (χ4n) is 2.54. The van der Waals surface area contributed by atoms with Crippen molar-refractivity contribution in [2.24, 2.45) is 0 Å². The van der Waals surface area contributed by atoms with Gasteiger partial charge in [-0.2, -0.15) is 4.33 Å². The molecule has 35 heavy (non-hydrogen) atoms. The molecule has 0 fully saturated rings. The van der Waals surface area contributed by atoms with Crippen LogP contribution in [-0.4, -0.2) is 34.4 Å². The molecular formula is C15H11F2Li3O11S4. The van der Waals surface area contributed by atoms with Gasteiger partial charge < -0.3 is 14.4 Å². The molecule has 2 aromatic rings. The Morgan fingerprint density at radius 2 is 1.23 bits per heavy atom. The third-order valence-electron chi connectivity index (χ3n) is 3.79. The summed E-state index contributed by atoms with van der Waals surface area (Å²) in [6.07, 6.45) is 0. The molecule has 0 spiro atoms. The predicted molar refractivity (Wildman–Crippen MR) is 98.5 cm³/mol. The first-order valence-electron chi connectivity index (χ1n) is 7.94. The van der Waals surface area contributed by atoms with E-state index in [1.165, 1.54) is 0 Å². The van der Waals surface area contributed by atoms with E-state index >= 15 is 0 Å². The number of halogens is 2. The molecular weight excluding hydrogens is 543 g/mol. The van der Waals surface area contributed by atoms with E-state index in [0.717, 1.165) is 18.2 Å². The Morgan fingerprint density at radius 3 is 1.66 bits per heavy atom. The molecule has 0 aromatic heterocycles. The largest absolute Gasteiger partial charge is 1.00 e. The van der Waals surface area contributed by atoms with E-state index in [9.17, 15) is 48.4 Å². The Bertz CT molecular complexity index is 1280. The van der Waals surface area contributed by atoms with Crippen LogP contribution in [0.1, 0.15) is 16.7 Å². The van der Waals surface area contributed by atoms with Crippen LogP contribution in [-0.2, 0) is 56.7 Å². The summed E-state index contributed by atoms with van der Waals surface area (Å²) in [6, 6.07) is 3.36. The van der Waals surface area contributed by atoms with Crippen LogP contribution in [0.5, 0.6) is 0 Å². The van der Waals surface area contributed by atoms with Crippen molar-refractivity contribution < 1.29 is 114 Å². The zero-order chi connectivity index (χ0) is 24.3. The summed E-state index contributed by atoms with van der Waals surface area (Å²) < 4.78 is 125. The van der Waals surface area contributed by atoms with E-state index in [0.29, 0.717) is 24.2 Å². The van der Waals surface area contributed by atoms with Crippen molar-refractivity contribution in [3.05, 3.63) is 58.7 Å². The Morgan fingerprint density at radius 1 is 0.771 bits per heavy atom. The van der Waals surface area contributed by atoms with Crippen LogP contribution in [0.3, 0.4) is 0 Å². The van der Waals surface area contributed by atoms with Crippen molar-refractivity contribution in [2.45, 2.75) is 27.0 Å². The fourth-order valence-corrected chi connectivity index (χ4v) is 5.57. The van der Waals surface area contributed by atoms with Gasteiger partial charge in [-0.25, -0.2) is 34.0 Å². The maximum atomic E-state index is 14.5. The smallest absolute Gasteiger partial charge is 0.748 e. The molecule has 0 N–H and O–H groups in total. The number of benzene rings is 2. The SMILES string of the molecule is O=S(=O)([O-])Cc1cc(S(=O)(=O)c2ccc(F)c(CSOO[O-])c2)cc(CS(=O)(=O)[O-])c1F.[Li+].[Li+].[Li+]. The molecule has 0 heterocycles. The third-order valence-corrected chi connectivity index (χ3v) is 7.43. The van der Waals surface area contributed by atoms with Crippen LogP contribution in [0, 0.1) is 11.6 Å². The fraction of sp³-hybridized carbons (Fsp3) is 0.200. The molecule has 20 heteroatoms. The van der Waals surface area contributed by atoms with E-state index < -0.39 is 74.1 Å². The summed E-state index contributed by atoms with van der Waals surface area (Å²) in [6.45, 7) is 0.